The van der Waals surface area contributed by atoms with Crippen molar-refractivity contribution >= 4 is 0 Å². The molecule has 3 nitrogen and oxygen atoms in total. The van der Waals surface area contributed by atoms with Crippen LogP contribution in [0.4, 0.5) is 0 Å². The lowest BCUT2D eigenvalue weighted by molar-refractivity contribution is 0.365. The summed E-state index contributed by atoms with van der Waals surface area (Å²) in [6, 6.07) is 3.07. The van der Waals surface area contributed by atoms with Crippen LogP contribution in [0.5, 0.6) is 17.2 Å². The highest BCUT2D eigenvalue weighted by atomic mass is 16.3. The Balaban J connectivity index is 2.20. The number of rotatable bonds is 14. The maximum absolute atomic E-state index is 9.89. The van der Waals surface area contributed by atoms with Gasteiger partial charge in [0, 0.05) is 5.56 Å². The maximum atomic E-state index is 9.89. The van der Waals surface area contributed by atoms with Gasteiger partial charge in [-0.25, -0.2) is 0 Å². The molecule has 1 aromatic rings. The number of phenolic OH excluding ortho intramolecular Hbond substituents is 3. The van der Waals surface area contributed by atoms with Crippen LogP contribution < -0.4 is 0 Å². The molecule has 0 fully saturated rings. The molecular weight excluding hydrogens is 360 g/mol. The van der Waals surface area contributed by atoms with Crippen LogP contribution in [0.15, 0.2) is 23.8 Å². The molecule has 0 bridgehead atoms. The van der Waals surface area contributed by atoms with E-state index >= 15 is 0 Å². The molecule has 0 aliphatic heterocycles. The second-order valence-corrected chi connectivity index (χ2v) is 9.55. The van der Waals surface area contributed by atoms with Gasteiger partial charge in [0.2, 0.25) is 5.75 Å². The molecule has 0 amide bonds. The first-order valence-electron chi connectivity index (χ1n) is 11.6. The van der Waals surface area contributed by atoms with Gasteiger partial charge in [-0.15, -0.1) is 0 Å². The van der Waals surface area contributed by atoms with Crippen LogP contribution in [0.25, 0.3) is 0 Å². The molecule has 2 atom stereocenters. The molecule has 1 rings (SSSR count). The Kier molecular flexibility index (Phi) is 11.9. The van der Waals surface area contributed by atoms with Crippen LogP contribution in [0.1, 0.15) is 98.0 Å². The molecule has 3 N–H and O–H groups in total. The van der Waals surface area contributed by atoms with Gasteiger partial charge in [-0.05, 0) is 50.0 Å². The number of allylic oxidation sites excluding steroid dienone is 2. The van der Waals surface area contributed by atoms with E-state index in [-0.39, 0.29) is 11.5 Å². The van der Waals surface area contributed by atoms with Crippen LogP contribution in [-0.2, 0) is 6.42 Å². The first-order valence-corrected chi connectivity index (χ1v) is 11.6. The van der Waals surface area contributed by atoms with Crippen molar-refractivity contribution in [1.82, 2.24) is 0 Å². The molecule has 1 aromatic carbocycles. The van der Waals surface area contributed by atoms with E-state index in [1.807, 2.05) is 0 Å². The normalized spacial score (nSPS) is 14.3. The fourth-order valence-corrected chi connectivity index (χ4v) is 3.87. The lowest BCUT2D eigenvalue weighted by Crippen LogP contribution is -2.00. The Bertz CT molecular complexity index is 619. The third kappa shape index (κ3) is 10.6. The van der Waals surface area contributed by atoms with Gasteiger partial charge in [0.25, 0.3) is 0 Å². The van der Waals surface area contributed by atoms with E-state index in [9.17, 15) is 15.3 Å². The Labute approximate surface area is 178 Å². The Morgan fingerprint density at radius 1 is 0.793 bits per heavy atom. The van der Waals surface area contributed by atoms with E-state index in [4.69, 9.17) is 0 Å². The molecule has 3 heteroatoms. The number of hydrogen-bond acceptors (Lipinski definition) is 3. The predicted molar refractivity (Wildman–Crippen MR) is 124 cm³/mol. The summed E-state index contributed by atoms with van der Waals surface area (Å²) < 4.78 is 0. The van der Waals surface area contributed by atoms with Gasteiger partial charge in [-0.3, -0.25) is 0 Å². The van der Waals surface area contributed by atoms with Crippen molar-refractivity contribution in [3.05, 3.63) is 29.3 Å². The van der Waals surface area contributed by atoms with Gasteiger partial charge >= 0.3 is 0 Å². The molecule has 0 saturated carbocycles. The van der Waals surface area contributed by atoms with Gasteiger partial charge in [0.1, 0.15) is 0 Å². The highest BCUT2D eigenvalue weighted by Crippen LogP contribution is 2.37. The highest BCUT2D eigenvalue weighted by Gasteiger charge is 2.10. The zero-order valence-corrected chi connectivity index (χ0v) is 19.4. The summed E-state index contributed by atoms with van der Waals surface area (Å²) in [4.78, 5) is 0. The fraction of sp³-hybridized carbons (Fsp3) is 0.692. The average Bonchev–Trinajstić information content (AvgIpc) is 2.65. The first kappa shape index (κ1) is 25.4. The third-order valence-electron chi connectivity index (χ3n) is 6.02. The Morgan fingerprint density at radius 2 is 1.34 bits per heavy atom. The summed E-state index contributed by atoms with van der Waals surface area (Å²) in [7, 11) is 0. The van der Waals surface area contributed by atoms with Crippen molar-refractivity contribution in [2.45, 2.75) is 98.8 Å². The number of benzene rings is 1. The van der Waals surface area contributed by atoms with Crippen LogP contribution in [0, 0.1) is 17.8 Å². The zero-order chi connectivity index (χ0) is 21.8. The minimum Gasteiger partial charge on any atom is -0.504 e. The van der Waals surface area contributed by atoms with Crippen molar-refractivity contribution in [3.63, 3.8) is 0 Å². The van der Waals surface area contributed by atoms with E-state index in [1.54, 1.807) is 6.07 Å². The Morgan fingerprint density at radius 3 is 1.93 bits per heavy atom. The molecule has 166 valence electrons. The van der Waals surface area contributed by atoms with E-state index < -0.39 is 5.75 Å². The van der Waals surface area contributed by atoms with Gasteiger partial charge in [0.15, 0.2) is 11.5 Å². The number of phenols is 3. The van der Waals surface area contributed by atoms with Crippen molar-refractivity contribution in [2.24, 2.45) is 17.8 Å². The summed E-state index contributed by atoms with van der Waals surface area (Å²) in [5, 5.41) is 28.9. The monoisotopic (exact) mass is 404 g/mol. The maximum Gasteiger partial charge on any atom is 0.200 e. The molecule has 29 heavy (non-hydrogen) atoms. The molecule has 0 saturated heterocycles. The number of hydrogen-bond donors (Lipinski definition) is 3. The lowest BCUT2D eigenvalue weighted by Gasteiger charge is -2.15. The Hall–Kier alpha value is -1.64. The SMILES string of the molecule is C/C(=C\Cc1ccc(O)c(O)c1O)CCCC(C)CCCC(C)CCCC(C)C. The zero-order valence-electron chi connectivity index (χ0n) is 19.4. The molecule has 0 aromatic heterocycles. The quantitative estimate of drug-likeness (QED) is 0.219. The molecular formula is C26H44O3. The highest BCUT2D eigenvalue weighted by molar-refractivity contribution is 5.53. The van der Waals surface area contributed by atoms with Crippen LogP contribution in [0.3, 0.4) is 0 Å². The fourth-order valence-electron chi connectivity index (χ4n) is 3.87. The minimum atomic E-state index is -0.434. The van der Waals surface area contributed by atoms with Gasteiger partial charge < -0.3 is 15.3 Å². The number of aromatic hydroxyl groups is 3. The van der Waals surface area contributed by atoms with Gasteiger partial charge in [0.05, 0.1) is 0 Å². The summed E-state index contributed by atoms with van der Waals surface area (Å²) in [6.07, 6.45) is 14.4. The van der Waals surface area contributed by atoms with Gasteiger partial charge in [-0.1, -0.05) is 90.4 Å². The second-order valence-electron chi connectivity index (χ2n) is 9.55. The molecule has 0 spiro atoms. The van der Waals surface area contributed by atoms with Crippen molar-refractivity contribution < 1.29 is 15.3 Å². The van der Waals surface area contributed by atoms with E-state index in [1.165, 1.54) is 63.0 Å². The van der Waals surface area contributed by atoms with Crippen molar-refractivity contribution in [1.29, 1.82) is 0 Å². The molecule has 2 unspecified atom stereocenters. The van der Waals surface area contributed by atoms with Crippen molar-refractivity contribution in [2.75, 3.05) is 0 Å². The van der Waals surface area contributed by atoms with E-state index in [0.29, 0.717) is 12.0 Å². The van der Waals surface area contributed by atoms with Gasteiger partial charge in [-0.2, -0.15) is 0 Å². The minimum absolute atomic E-state index is 0.221. The lowest BCUT2D eigenvalue weighted by atomic mass is 9.91. The second kappa shape index (κ2) is 13.6. The summed E-state index contributed by atoms with van der Waals surface area (Å²) in [6.45, 7) is 11.5. The summed E-state index contributed by atoms with van der Waals surface area (Å²) in [5.74, 6) is 1.54. The standard InChI is InChI=1S/C26H44O3/c1-19(2)9-6-10-20(3)11-7-12-21(4)13-8-14-22(5)15-16-23-17-18-24(27)26(29)25(23)28/h15,17-21,27-29H,6-14,16H2,1-5H3/b22-15+. The largest absolute Gasteiger partial charge is 0.504 e. The molecule has 0 aliphatic carbocycles. The first-order chi connectivity index (χ1) is 13.7. The smallest absolute Gasteiger partial charge is 0.200 e. The molecule has 0 radical (unpaired) electrons. The summed E-state index contributed by atoms with van der Waals surface area (Å²) in [5.41, 5.74) is 1.94. The van der Waals surface area contributed by atoms with E-state index in [2.05, 4.69) is 40.7 Å². The van der Waals surface area contributed by atoms with Crippen LogP contribution >= 0.6 is 0 Å². The molecule has 0 aliphatic rings. The van der Waals surface area contributed by atoms with Crippen LogP contribution in [-0.4, -0.2) is 15.3 Å². The molecule has 0 heterocycles. The van der Waals surface area contributed by atoms with E-state index in [0.717, 1.165) is 24.2 Å². The van der Waals surface area contributed by atoms with Crippen LogP contribution in [0.2, 0.25) is 0 Å². The average molecular weight is 405 g/mol. The van der Waals surface area contributed by atoms with Crippen molar-refractivity contribution in [3.8, 4) is 17.2 Å². The summed E-state index contributed by atoms with van der Waals surface area (Å²) >= 11 is 0. The topological polar surface area (TPSA) is 60.7 Å². The predicted octanol–water partition coefficient (Wildman–Crippen LogP) is 7.73. The third-order valence-corrected chi connectivity index (χ3v) is 6.02.